The maximum absolute atomic E-state index is 10.4. The van der Waals surface area contributed by atoms with Gasteiger partial charge in [-0.25, -0.2) is 0 Å². The van der Waals surface area contributed by atoms with E-state index in [0.29, 0.717) is 6.42 Å². The maximum Gasteiger partial charge on any atom is 0.303 e. The molecule has 0 aliphatic heterocycles. The van der Waals surface area contributed by atoms with Crippen LogP contribution >= 0.6 is 0 Å². The second-order valence-corrected chi connectivity index (χ2v) is 8.25. The van der Waals surface area contributed by atoms with Crippen molar-refractivity contribution in [3.8, 4) is 0 Å². The third-order valence-electron chi connectivity index (χ3n) is 4.99. The fourth-order valence-corrected chi connectivity index (χ4v) is 3.35. The summed E-state index contributed by atoms with van der Waals surface area (Å²) in [5.74, 6) is 3.27. The Morgan fingerprint density at radius 3 is 0.939 bits per heavy atom. The molecule has 0 aliphatic carbocycles. The number of unbranched alkanes of at least 4 members (excludes halogenated alkanes) is 18. The minimum Gasteiger partial charge on any atom is -0.481 e. The molecular weight excluding hydrogens is 420 g/mol. The largest absolute Gasteiger partial charge is 0.481 e. The van der Waals surface area contributed by atoms with Gasteiger partial charge in [-0.15, -0.1) is 4.91 Å². The van der Waals surface area contributed by atoms with Gasteiger partial charge in [0.25, 0.3) is 0 Å². The second-order valence-electron chi connectivity index (χ2n) is 8.25. The number of nitrogens with two attached hydrogens (primary N) is 1. The fraction of sp³-hybridized carbons (Fsp3) is 0.962. The second kappa shape index (κ2) is 44.5. The monoisotopic (exact) mass is 478 g/mol. The van der Waals surface area contributed by atoms with Crippen LogP contribution in [0.4, 0.5) is 0 Å². The van der Waals surface area contributed by atoms with E-state index in [9.17, 15) is 4.79 Å². The Bertz CT molecular complexity index is 330. The minimum atomic E-state index is -0.651. The number of aliphatic hydroxyl groups excluding tert-OH is 2. The summed E-state index contributed by atoms with van der Waals surface area (Å²) in [5, 5.41) is 25.4. The molecule has 0 aromatic heterocycles. The van der Waals surface area contributed by atoms with E-state index in [1.54, 1.807) is 19.1 Å². The highest BCUT2D eigenvalue weighted by Crippen LogP contribution is 2.14. The molecule has 0 saturated heterocycles. The number of nitrogens with zero attached hydrogens (tertiary/aromatic N) is 1. The normalized spacial score (nSPS) is 9.48. The molecule has 7 heteroatoms. The van der Waals surface area contributed by atoms with Crippen LogP contribution in [-0.2, 0) is 4.79 Å². The molecule has 0 aromatic carbocycles. The summed E-state index contributed by atoms with van der Waals surface area (Å²) < 4.78 is 0. The highest BCUT2D eigenvalue weighted by molar-refractivity contribution is 5.66. The van der Waals surface area contributed by atoms with Crippen LogP contribution in [-0.4, -0.2) is 34.5 Å². The first-order chi connectivity index (χ1) is 16.0. The lowest BCUT2D eigenvalue weighted by Crippen LogP contribution is -1.93. The quantitative estimate of drug-likeness (QED) is 0.0619. The molecule has 0 amide bonds. The lowest BCUT2D eigenvalue weighted by Gasteiger charge is -2.03. The lowest BCUT2D eigenvalue weighted by molar-refractivity contribution is -0.137. The van der Waals surface area contributed by atoms with Gasteiger partial charge in [0.1, 0.15) is 0 Å². The zero-order chi connectivity index (χ0) is 25.8. The van der Waals surface area contributed by atoms with Crippen molar-refractivity contribution in [3.63, 3.8) is 0 Å². The predicted molar refractivity (Wildman–Crippen MR) is 141 cm³/mol. The van der Waals surface area contributed by atoms with Crippen molar-refractivity contribution in [3.05, 3.63) is 4.91 Å². The highest BCUT2D eigenvalue weighted by Gasteiger charge is 1.97. The van der Waals surface area contributed by atoms with Gasteiger partial charge in [0, 0.05) is 24.9 Å². The van der Waals surface area contributed by atoms with Gasteiger partial charge in [0.2, 0.25) is 0 Å². The van der Waals surface area contributed by atoms with Gasteiger partial charge >= 0.3 is 5.97 Å². The number of carboxylic acids is 1. The first kappa shape index (κ1) is 39.0. The Morgan fingerprint density at radius 2 is 0.758 bits per heavy atom. The Hall–Kier alpha value is -1.21. The zero-order valence-electron chi connectivity index (χ0n) is 22.2. The Labute approximate surface area is 204 Å². The topological polar surface area (TPSA) is 133 Å². The molecule has 0 unspecified atom stereocenters. The van der Waals surface area contributed by atoms with Crippen molar-refractivity contribution < 1.29 is 20.1 Å². The average Bonchev–Trinajstić information content (AvgIpc) is 2.77. The molecule has 0 radical (unpaired) electrons. The lowest BCUT2D eigenvalue weighted by atomic mass is 10.0. The standard InChI is InChI=1S/C22H44O2.2C2H6O.H2N2O/c1-2-3-4-5-6-7-8-9-10-11-12-13-14-15-16-17-18-19-20-21-22(23)24;3*1-2-3/h2-21H2,1H3,(H,23,24);2*3H,2H2,1H3;(H2,1,3). The van der Waals surface area contributed by atoms with Gasteiger partial charge in [0.05, 0.1) is 0 Å². The predicted octanol–water partition coefficient (Wildman–Crippen LogP) is 7.52. The van der Waals surface area contributed by atoms with Crippen LogP contribution in [0.2, 0.25) is 0 Å². The van der Waals surface area contributed by atoms with Crippen molar-refractivity contribution in [1.82, 2.24) is 0 Å². The fourth-order valence-electron chi connectivity index (χ4n) is 3.35. The third kappa shape index (κ3) is 65.2. The van der Waals surface area contributed by atoms with Crippen molar-refractivity contribution in [2.75, 3.05) is 13.2 Å². The van der Waals surface area contributed by atoms with Crippen LogP contribution in [0.1, 0.15) is 149 Å². The summed E-state index contributed by atoms with van der Waals surface area (Å²) in [6.07, 6.45) is 26.1. The van der Waals surface area contributed by atoms with E-state index in [0.717, 1.165) is 12.8 Å². The van der Waals surface area contributed by atoms with Gasteiger partial charge in [0.15, 0.2) is 0 Å². The van der Waals surface area contributed by atoms with Crippen molar-refractivity contribution in [1.29, 1.82) is 0 Å². The van der Waals surface area contributed by atoms with Gasteiger partial charge in [-0.05, 0) is 20.3 Å². The van der Waals surface area contributed by atoms with Gasteiger partial charge in [-0.3, -0.25) is 10.6 Å². The van der Waals surface area contributed by atoms with Crippen LogP contribution in [0.5, 0.6) is 0 Å². The van der Waals surface area contributed by atoms with Gasteiger partial charge < -0.3 is 15.3 Å². The molecule has 0 aromatic rings. The Morgan fingerprint density at radius 1 is 0.576 bits per heavy atom. The summed E-state index contributed by atoms with van der Waals surface area (Å²) >= 11 is 0. The summed E-state index contributed by atoms with van der Waals surface area (Å²) in [6, 6.07) is 0. The average molecular weight is 479 g/mol. The molecule has 0 atom stereocenters. The number of hydrogen-bond donors (Lipinski definition) is 4. The molecule has 202 valence electrons. The molecule has 0 saturated carbocycles. The Balaban J connectivity index is -0.000000400. The van der Waals surface area contributed by atoms with E-state index in [4.69, 9.17) is 20.2 Å². The van der Waals surface area contributed by atoms with Gasteiger partial charge in [-0.1, -0.05) is 122 Å². The SMILES string of the molecule is CCCCCCCCCCCCCCCCCCCCCC(=O)O.CCO.CCO.NN=O. The zero-order valence-corrected chi connectivity index (χ0v) is 22.2. The highest BCUT2D eigenvalue weighted by atomic mass is 16.4. The first-order valence-electron chi connectivity index (χ1n) is 13.5. The molecule has 0 rings (SSSR count). The molecular formula is C26H58N2O5. The number of rotatable bonds is 20. The molecule has 0 fully saturated rings. The van der Waals surface area contributed by atoms with E-state index in [-0.39, 0.29) is 13.2 Å². The van der Waals surface area contributed by atoms with E-state index < -0.39 is 5.97 Å². The number of hydrogen-bond acceptors (Lipinski definition) is 5. The summed E-state index contributed by atoms with van der Waals surface area (Å²) in [5.41, 5.74) is 0. The van der Waals surface area contributed by atoms with Crippen LogP contribution in [0.3, 0.4) is 0 Å². The van der Waals surface area contributed by atoms with Gasteiger partial charge in [-0.2, -0.15) is 0 Å². The number of nitroso groups, excluding NO2 is 1. The van der Waals surface area contributed by atoms with E-state index in [2.05, 4.69) is 12.8 Å². The number of carbonyl (C=O) groups is 1. The molecule has 0 aliphatic rings. The summed E-state index contributed by atoms with van der Waals surface area (Å²) in [4.78, 5) is 18.7. The minimum absolute atomic E-state index is 0.250. The van der Waals surface area contributed by atoms with E-state index >= 15 is 0 Å². The van der Waals surface area contributed by atoms with Crippen LogP contribution in [0, 0.1) is 4.91 Å². The third-order valence-corrected chi connectivity index (χ3v) is 4.99. The molecule has 5 N–H and O–H groups in total. The van der Waals surface area contributed by atoms with Crippen LogP contribution in [0.15, 0.2) is 5.29 Å². The molecule has 0 bridgehead atoms. The van der Waals surface area contributed by atoms with E-state index in [1.807, 2.05) is 0 Å². The van der Waals surface area contributed by atoms with Crippen LogP contribution < -0.4 is 5.84 Å². The number of aliphatic carboxylic acids is 1. The van der Waals surface area contributed by atoms with Crippen molar-refractivity contribution >= 4 is 5.97 Å². The molecule has 0 heterocycles. The number of aliphatic hydroxyl groups is 2. The summed E-state index contributed by atoms with van der Waals surface area (Å²) in [6.45, 7) is 6.14. The Kier molecular flexibility index (Phi) is 52.6. The number of carboxylic acid groups (broad SMARTS) is 1. The molecule has 0 spiro atoms. The first-order valence-corrected chi connectivity index (χ1v) is 13.5. The van der Waals surface area contributed by atoms with Crippen molar-refractivity contribution in [2.45, 2.75) is 149 Å². The molecule has 7 nitrogen and oxygen atoms in total. The smallest absolute Gasteiger partial charge is 0.303 e. The van der Waals surface area contributed by atoms with Crippen LogP contribution in [0.25, 0.3) is 0 Å². The van der Waals surface area contributed by atoms with Crippen molar-refractivity contribution in [2.24, 2.45) is 11.1 Å². The summed E-state index contributed by atoms with van der Waals surface area (Å²) in [7, 11) is 0. The molecule has 33 heavy (non-hydrogen) atoms. The maximum atomic E-state index is 10.4. The van der Waals surface area contributed by atoms with E-state index in [1.165, 1.54) is 109 Å².